The molecule has 0 atom stereocenters. The van der Waals surface area contributed by atoms with Crippen molar-refractivity contribution < 1.29 is 9.53 Å². The summed E-state index contributed by atoms with van der Waals surface area (Å²) < 4.78 is 4.88. The van der Waals surface area contributed by atoms with Gasteiger partial charge in [-0.1, -0.05) is 29.4 Å². The van der Waals surface area contributed by atoms with E-state index in [1.165, 1.54) is 0 Å². The van der Waals surface area contributed by atoms with E-state index in [9.17, 15) is 4.79 Å². The number of hydrogen-bond donors (Lipinski definition) is 0. The van der Waals surface area contributed by atoms with Crippen LogP contribution in [0.15, 0.2) is 29.4 Å². The average molecular weight is 233 g/mol. The van der Waals surface area contributed by atoms with Crippen molar-refractivity contribution in [3.63, 3.8) is 0 Å². The van der Waals surface area contributed by atoms with Gasteiger partial charge in [0.05, 0.1) is 13.0 Å². The lowest BCUT2D eigenvalue weighted by molar-refractivity contribution is -0.142. The van der Waals surface area contributed by atoms with Crippen LogP contribution in [0.1, 0.15) is 18.1 Å². The van der Waals surface area contributed by atoms with E-state index in [0.29, 0.717) is 19.6 Å². The van der Waals surface area contributed by atoms with Crippen LogP contribution in [0.2, 0.25) is 0 Å². The Labute approximate surface area is 100 Å². The first-order valence-electron chi connectivity index (χ1n) is 5.50. The topological polar surface area (TPSA) is 75.1 Å². The molecule has 1 aromatic carbocycles. The predicted molar refractivity (Wildman–Crippen MR) is 64.5 cm³/mol. The Balaban J connectivity index is 2.58. The standard InChI is InChI=1S/C12H15N3O2/c1-2-17-12(16)9-11-5-3-4-10(8-11)6-7-14-15-13/h3-5,8H,2,6-7,9H2,1H3. The lowest BCUT2D eigenvalue weighted by atomic mass is 10.1. The number of rotatable bonds is 6. The Morgan fingerprint density at radius 1 is 1.47 bits per heavy atom. The molecule has 0 bridgehead atoms. The molecular weight excluding hydrogens is 218 g/mol. The molecule has 0 amide bonds. The van der Waals surface area contributed by atoms with Gasteiger partial charge in [-0.25, -0.2) is 0 Å². The summed E-state index contributed by atoms with van der Waals surface area (Å²) >= 11 is 0. The molecule has 0 aromatic heterocycles. The molecule has 0 aliphatic heterocycles. The summed E-state index contributed by atoms with van der Waals surface area (Å²) in [7, 11) is 0. The normalized spacial score (nSPS) is 9.47. The van der Waals surface area contributed by atoms with Gasteiger partial charge in [0.25, 0.3) is 0 Å². The van der Waals surface area contributed by atoms with Crippen LogP contribution in [0.3, 0.4) is 0 Å². The van der Waals surface area contributed by atoms with Crippen LogP contribution in [0.5, 0.6) is 0 Å². The Hall–Kier alpha value is -2.00. The van der Waals surface area contributed by atoms with Gasteiger partial charge >= 0.3 is 5.97 Å². The SMILES string of the molecule is CCOC(=O)Cc1cccc(CCN=[N+]=[N-])c1. The number of azide groups is 1. The highest BCUT2D eigenvalue weighted by Gasteiger charge is 2.04. The van der Waals surface area contributed by atoms with Gasteiger partial charge in [0.1, 0.15) is 0 Å². The Kier molecular flexibility index (Phi) is 5.61. The minimum Gasteiger partial charge on any atom is -0.466 e. The van der Waals surface area contributed by atoms with Crippen LogP contribution < -0.4 is 0 Å². The minimum atomic E-state index is -0.223. The van der Waals surface area contributed by atoms with Gasteiger partial charge in [-0.15, -0.1) is 0 Å². The number of carbonyl (C=O) groups is 1. The van der Waals surface area contributed by atoms with Gasteiger partial charge in [-0.3, -0.25) is 4.79 Å². The molecule has 1 rings (SSSR count). The van der Waals surface area contributed by atoms with E-state index in [0.717, 1.165) is 11.1 Å². The third-order valence-corrected chi connectivity index (χ3v) is 2.21. The van der Waals surface area contributed by atoms with E-state index in [4.69, 9.17) is 10.3 Å². The molecule has 0 aliphatic carbocycles. The van der Waals surface area contributed by atoms with Gasteiger partial charge in [0.15, 0.2) is 0 Å². The van der Waals surface area contributed by atoms with Crippen LogP contribution in [0.4, 0.5) is 0 Å². The average Bonchev–Trinajstić information content (AvgIpc) is 2.30. The highest BCUT2D eigenvalue weighted by Crippen LogP contribution is 2.08. The van der Waals surface area contributed by atoms with E-state index >= 15 is 0 Å². The van der Waals surface area contributed by atoms with Gasteiger partial charge in [0.2, 0.25) is 0 Å². The zero-order valence-electron chi connectivity index (χ0n) is 9.80. The van der Waals surface area contributed by atoms with Crippen molar-refractivity contribution in [3.8, 4) is 0 Å². The Bertz CT molecular complexity index is 426. The maximum absolute atomic E-state index is 11.3. The van der Waals surface area contributed by atoms with Gasteiger partial charge in [0, 0.05) is 11.5 Å². The van der Waals surface area contributed by atoms with Crippen molar-refractivity contribution in [1.82, 2.24) is 0 Å². The molecule has 0 fully saturated rings. The van der Waals surface area contributed by atoms with Gasteiger partial charge < -0.3 is 4.74 Å². The molecule has 5 heteroatoms. The first-order valence-corrected chi connectivity index (χ1v) is 5.50. The molecule has 0 aliphatic rings. The number of ether oxygens (including phenoxy) is 1. The molecule has 0 spiro atoms. The van der Waals surface area contributed by atoms with E-state index in [2.05, 4.69) is 10.0 Å². The van der Waals surface area contributed by atoms with Crippen LogP contribution >= 0.6 is 0 Å². The van der Waals surface area contributed by atoms with E-state index in [1.807, 2.05) is 24.3 Å². The summed E-state index contributed by atoms with van der Waals surface area (Å²) in [5.41, 5.74) is 10.1. The molecule has 90 valence electrons. The second-order valence-electron chi connectivity index (χ2n) is 3.51. The quantitative estimate of drug-likeness (QED) is 0.328. The molecule has 0 saturated carbocycles. The Morgan fingerprint density at radius 3 is 2.94 bits per heavy atom. The predicted octanol–water partition coefficient (Wildman–Crippen LogP) is 2.65. The fourth-order valence-corrected chi connectivity index (χ4v) is 1.50. The molecule has 0 heterocycles. The molecule has 0 unspecified atom stereocenters. The fraction of sp³-hybridized carbons (Fsp3) is 0.417. The van der Waals surface area contributed by atoms with Crippen molar-refractivity contribution in [2.75, 3.05) is 13.2 Å². The van der Waals surface area contributed by atoms with E-state index in [-0.39, 0.29) is 12.4 Å². The van der Waals surface area contributed by atoms with Crippen molar-refractivity contribution >= 4 is 5.97 Å². The highest BCUT2D eigenvalue weighted by molar-refractivity contribution is 5.72. The molecule has 0 saturated heterocycles. The fourth-order valence-electron chi connectivity index (χ4n) is 1.50. The summed E-state index contributed by atoms with van der Waals surface area (Å²) in [4.78, 5) is 14.0. The smallest absolute Gasteiger partial charge is 0.310 e. The van der Waals surface area contributed by atoms with Crippen molar-refractivity contribution in [2.24, 2.45) is 5.11 Å². The van der Waals surface area contributed by atoms with Crippen LogP contribution in [0.25, 0.3) is 10.4 Å². The third-order valence-electron chi connectivity index (χ3n) is 2.21. The van der Waals surface area contributed by atoms with Gasteiger partial charge in [-0.2, -0.15) is 0 Å². The summed E-state index contributed by atoms with van der Waals surface area (Å²) in [6, 6.07) is 7.65. The molecule has 5 nitrogen and oxygen atoms in total. The zero-order valence-corrected chi connectivity index (χ0v) is 9.80. The maximum Gasteiger partial charge on any atom is 0.310 e. The van der Waals surface area contributed by atoms with Crippen molar-refractivity contribution in [1.29, 1.82) is 0 Å². The largest absolute Gasteiger partial charge is 0.466 e. The second kappa shape index (κ2) is 7.30. The monoisotopic (exact) mass is 233 g/mol. The highest BCUT2D eigenvalue weighted by atomic mass is 16.5. The van der Waals surface area contributed by atoms with Crippen LogP contribution in [-0.4, -0.2) is 19.1 Å². The molecule has 0 radical (unpaired) electrons. The molecule has 0 N–H and O–H groups in total. The number of carbonyl (C=O) groups excluding carboxylic acids is 1. The lowest BCUT2D eigenvalue weighted by Gasteiger charge is -2.04. The molecular formula is C12H15N3O2. The molecule has 17 heavy (non-hydrogen) atoms. The van der Waals surface area contributed by atoms with E-state index in [1.54, 1.807) is 6.92 Å². The maximum atomic E-state index is 11.3. The number of benzene rings is 1. The first kappa shape index (κ1) is 13.1. The van der Waals surface area contributed by atoms with Crippen LogP contribution in [-0.2, 0) is 22.4 Å². The van der Waals surface area contributed by atoms with Crippen molar-refractivity contribution in [2.45, 2.75) is 19.8 Å². The third kappa shape index (κ3) is 5.04. The summed E-state index contributed by atoms with van der Waals surface area (Å²) in [5.74, 6) is -0.223. The lowest BCUT2D eigenvalue weighted by Crippen LogP contribution is -2.07. The summed E-state index contributed by atoms with van der Waals surface area (Å²) in [6.07, 6.45) is 0.962. The number of hydrogen-bond acceptors (Lipinski definition) is 3. The number of nitrogens with zero attached hydrogens (tertiary/aromatic N) is 3. The van der Waals surface area contributed by atoms with Gasteiger partial charge in [-0.05, 0) is 30.0 Å². The minimum absolute atomic E-state index is 0.223. The summed E-state index contributed by atoms with van der Waals surface area (Å²) in [6.45, 7) is 2.61. The molecule has 1 aromatic rings. The zero-order chi connectivity index (χ0) is 12.5. The van der Waals surface area contributed by atoms with Crippen LogP contribution in [0, 0.1) is 0 Å². The Morgan fingerprint density at radius 2 is 2.24 bits per heavy atom. The summed E-state index contributed by atoms with van der Waals surface area (Å²) in [5, 5.41) is 3.48. The second-order valence-corrected chi connectivity index (χ2v) is 3.51. The van der Waals surface area contributed by atoms with E-state index < -0.39 is 0 Å². The first-order chi connectivity index (χ1) is 8.26. The van der Waals surface area contributed by atoms with Crippen molar-refractivity contribution in [3.05, 3.63) is 45.8 Å². The number of esters is 1.